The first-order chi connectivity index (χ1) is 39.0. The second-order valence-corrected chi connectivity index (χ2v) is 21.7. The molecule has 1 atom stereocenters. The van der Waals surface area contributed by atoms with E-state index in [0.717, 1.165) is 0 Å². The third-order valence-electron chi connectivity index (χ3n) is 14.4. The van der Waals surface area contributed by atoms with Gasteiger partial charge < -0.3 is 59.9 Å². The standard InChI is InChI=1S/C28H35N3O8.C17H23NO6.C14H24N2O4/c1-4-28(2,3)25(34)37-14-15-38-27(36)30-21-10-6-12-23(17-21)39-22-11-5-9-20(16-22)29-26(35)31-13-7-8-19(18-31)24(32)33;1-5-17(2,3)16(22)18-8-9-24-15(21)12-7-6-11(23-4)10-13(12)14(19)20;1-4-14(2,3)12(19)16-13(20)15-10-7-5-9(6-8-10)11(17)18/h5-6,9-12,16-17,19H,4,7-8,13-15,18H2,1-3H3,(H,29,35)(H,30,36)(H,32,33);6-7,10H,5,8-9H2,1-4H3,(H,18,22)(H,19,20);9-10H,4-8H2,1-3H3,(H,17,18)(H2,15,16,19,20). The first kappa shape index (κ1) is 68.8. The van der Waals surface area contributed by atoms with Gasteiger partial charge in [0.05, 0.1) is 42.0 Å². The number of aromatic carboxylic acids is 1. The molecule has 24 nitrogen and oxygen atoms in total. The summed E-state index contributed by atoms with van der Waals surface area (Å²) in [5.74, 6) is -4.11. The third-order valence-corrected chi connectivity index (χ3v) is 14.4. The number of anilines is 2. The van der Waals surface area contributed by atoms with Crippen LogP contribution in [-0.4, -0.2) is 133 Å². The lowest BCUT2D eigenvalue weighted by molar-refractivity contribution is -0.155. The molecule has 24 heteroatoms. The molecular formula is C59H82N6O18. The van der Waals surface area contributed by atoms with Gasteiger partial charge in [-0.05, 0) is 114 Å². The highest BCUT2D eigenvalue weighted by Crippen LogP contribution is 2.29. The zero-order valence-corrected chi connectivity index (χ0v) is 49.1. The Morgan fingerprint density at radius 1 is 0.602 bits per heavy atom. The summed E-state index contributed by atoms with van der Waals surface area (Å²) in [6.45, 7) is 17.2. The van der Waals surface area contributed by atoms with Crippen LogP contribution in [0, 0.1) is 28.1 Å². The molecule has 1 aliphatic heterocycles. The average molecular weight is 1160 g/mol. The number of urea groups is 2. The van der Waals surface area contributed by atoms with Gasteiger partial charge in [0.25, 0.3) is 0 Å². The molecule has 0 spiro atoms. The monoisotopic (exact) mass is 1160 g/mol. The number of ether oxygens (including phenoxy) is 5. The molecule has 1 saturated carbocycles. The Bertz CT molecular complexity index is 2740. The van der Waals surface area contributed by atoms with E-state index in [1.807, 2.05) is 34.6 Å². The number of carboxylic acid groups (broad SMARTS) is 3. The number of hydrogen-bond donors (Lipinski definition) is 8. The molecule has 1 saturated heterocycles. The van der Waals surface area contributed by atoms with E-state index in [-0.39, 0.29) is 79.8 Å². The highest BCUT2D eigenvalue weighted by Gasteiger charge is 2.32. The molecule has 1 unspecified atom stereocenters. The number of carbonyl (C=O) groups excluding carboxylic acids is 7. The normalized spacial score (nSPS) is 15.8. The van der Waals surface area contributed by atoms with Crippen LogP contribution in [0.15, 0.2) is 66.7 Å². The maximum absolute atomic E-state index is 12.6. The molecule has 5 rings (SSSR count). The molecule has 0 aromatic heterocycles. The highest BCUT2D eigenvalue weighted by atomic mass is 16.6. The molecule has 456 valence electrons. The number of methoxy groups -OCH3 is 1. The van der Waals surface area contributed by atoms with Crippen LogP contribution in [0.1, 0.15) is 141 Å². The minimum Gasteiger partial charge on any atom is -0.497 e. The Labute approximate surface area is 484 Å². The second kappa shape index (κ2) is 32.9. The van der Waals surface area contributed by atoms with E-state index in [9.17, 15) is 58.2 Å². The first-order valence-electron chi connectivity index (χ1n) is 27.5. The number of likely N-dealkylation sites (tertiary alicyclic amines) is 1. The third kappa shape index (κ3) is 23.2. The molecule has 0 bridgehead atoms. The van der Waals surface area contributed by atoms with Crippen molar-refractivity contribution < 1.29 is 86.9 Å². The molecule has 1 aliphatic carbocycles. The van der Waals surface area contributed by atoms with Gasteiger partial charge in [0.2, 0.25) is 11.8 Å². The van der Waals surface area contributed by atoms with Gasteiger partial charge in [0.1, 0.15) is 37.1 Å². The molecule has 2 aliphatic rings. The van der Waals surface area contributed by atoms with Crippen molar-refractivity contribution in [1.29, 1.82) is 0 Å². The number of benzene rings is 3. The van der Waals surface area contributed by atoms with Gasteiger partial charge in [-0.2, -0.15) is 0 Å². The quantitative estimate of drug-likeness (QED) is 0.0264. The van der Waals surface area contributed by atoms with Gasteiger partial charge in [0, 0.05) is 53.5 Å². The van der Waals surface area contributed by atoms with Gasteiger partial charge >= 0.3 is 48.0 Å². The summed E-state index contributed by atoms with van der Waals surface area (Å²) in [6, 6.07) is 16.6. The Morgan fingerprint density at radius 3 is 1.72 bits per heavy atom. The Balaban J connectivity index is 0.000000352. The van der Waals surface area contributed by atoms with Crippen LogP contribution in [0.5, 0.6) is 17.2 Å². The summed E-state index contributed by atoms with van der Waals surface area (Å²) in [4.78, 5) is 119. The van der Waals surface area contributed by atoms with E-state index < -0.39 is 58.2 Å². The van der Waals surface area contributed by atoms with Crippen LogP contribution in [0.3, 0.4) is 0 Å². The number of rotatable bonds is 22. The number of nitrogens with zero attached hydrogens (tertiary/aromatic N) is 1. The van der Waals surface area contributed by atoms with Crippen LogP contribution in [0.2, 0.25) is 0 Å². The fraction of sp³-hybridized carbons (Fsp3) is 0.525. The van der Waals surface area contributed by atoms with Crippen molar-refractivity contribution >= 4 is 71.2 Å². The molecule has 3 aromatic carbocycles. The van der Waals surface area contributed by atoms with Crippen molar-refractivity contribution in [2.45, 2.75) is 126 Å². The molecule has 0 radical (unpaired) electrons. The van der Waals surface area contributed by atoms with Gasteiger partial charge in [-0.3, -0.25) is 34.6 Å². The van der Waals surface area contributed by atoms with Gasteiger partial charge in [-0.15, -0.1) is 0 Å². The maximum Gasteiger partial charge on any atom is 0.411 e. The number of carboxylic acids is 3. The van der Waals surface area contributed by atoms with E-state index >= 15 is 0 Å². The molecule has 3 aromatic rings. The largest absolute Gasteiger partial charge is 0.497 e. The van der Waals surface area contributed by atoms with Crippen molar-refractivity contribution in [2.75, 3.05) is 57.2 Å². The number of nitrogens with one attached hydrogen (secondary N) is 5. The predicted octanol–water partition coefficient (Wildman–Crippen LogP) is 9.33. The number of imide groups is 1. The molecule has 2 fully saturated rings. The van der Waals surface area contributed by atoms with E-state index in [1.165, 1.54) is 30.2 Å². The number of esters is 2. The Morgan fingerprint density at radius 2 is 1.17 bits per heavy atom. The zero-order chi connectivity index (χ0) is 62.1. The van der Waals surface area contributed by atoms with E-state index in [2.05, 4.69) is 26.6 Å². The maximum atomic E-state index is 12.6. The lowest BCUT2D eigenvalue weighted by Crippen LogP contribution is -2.49. The lowest BCUT2D eigenvalue weighted by Gasteiger charge is -2.30. The van der Waals surface area contributed by atoms with Gasteiger partial charge in [-0.1, -0.05) is 60.6 Å². The van der Waals surface area contributed by atoms with Crippen LogP contribution < -0.4 is 36.1 Å². The highest BCUT2D eigenvalue weighted by molar-refractivity contribution is 6.03. The summed E-state index contributed by atoms with van der Waals surface area (Å²) in [5, 5.41) is 40.5. The van der Waals surface area contributed by atoms with E-state index in [1.54, 1.807) is 76.2 Å². The topological polar surface area (TPSA) is 341 Å². The van der Waals surface area contributed by atoms with Gasteiger partial charge in [-0.25, -0.2) is 24.0 Å². The van der Waals surface area contributed by atoms with Crippen LogP contribution in [0.25, 0.3) is 0 Å². The first-order valence-corrected chi connectivity index (χ1v) is 27.5. The molecule has 83 heavy (non-hydrogen) atoms. The molecular weight excluding hydrogens is 1080 g/mol. The average Bonchev–Trinajstić information content (AvgIpc) is 3.53. The molecule has 7 amide bonds. The van der Waals surface area contributed by atoms with E-state index in [0.29, 0.717) is 93.0 Å². The number of hydrogen-bond acceptors (Lipinski definition) is 15. The minimum atomic E-state index is -1.25. The predicted molar refractivity (Wildman–Crippen MR) is 305 cm³/mol. The van der Waals surface area contributed by atoms with Crippen molar-refractivity contribution in [3.63, 3.8) is 0 Å². The summed E-state index contributed by atoms with van der Waals surface area (Å²) in [7, 11) is 1.40. The van der Waals surface area contributed by atoms with Crippen LogP contribution in [0.4, 0.5) is 25.8 Å². The number of aliphatic carboxylic acids is 2. The lowest BCUT2D eigenvalue weighted by atomic mass is 9.86. The minimum absolute atomic E-state index is 0.0381. The summed E-state index contributed by atoms with van der Waals surface area (Å²) >= 11 is 0. The number of carbonyl (C=O) groups is 10. The van der Waals surface area contributed by atoms with Crippen LogP contribution >= 0.6 is 0 Å². The zero-order valence-electron chi connectivity index (χ0n) is 49.1. The van der Waals surface area contributed by atoms with Crippen LogP contribution in [-0.2, 0) is 38.2 Å². The smallest absolute Gasteiger partial charge is 0.411 e. The fourth-order valence-corrected chi connectivity index (χ4v) is 7.67. The summed E-state index contributed by atoms with van der Waals surface area (Å²) < 4.78 is 26.1. The van der Waals surface area contributed by atoms with Gasteiger partial charge in [0.15, 0.2) is 0 Å². The summed E-state index contributed by atoms with van der Waals surface area (Å²) in [5.41, 5.74) is -0.986. The Hall–Kier alpha value is -8.44. The Kier molecular flexibility index (Phi) is 27.3. The summed E-state index contributed by atoms with van der Waals surface area (Å²) in [6.07, 6.45) is 4.86. The van der Waals surface area contributed by atoms with E-state index in [4.69, 9.17) is 28.8 Å². The van der Waals surface area contributed by atoms with Crippen molar-refractivity contribution in [2.24, 2.45) is 28.1 Å². The van der Waals surface area contributed by atoms with Crippen molar-refractivity contribution in [3.8, 4) is 17.2 Å². The molecule has 8 N–H and O–H groups in total. The number of amides is 7. The van der Waals surface area contributed by atoms with Crippen molar-refractivity contribution in [3.05, 3.63) is 77.9 Å². The van der Waals surface area contributed by atoms with Crippen molar-refractivity contribution in [1.82, 2.24) is 20.9 Å². The fourth-order valence-electron chi connectivity index (χ4n) is 7.67. The molecule has 1 heterocycles. The number of piperidine rings is 1. The second-order valence-electron chi connectivity index (χ2n) is 21.7. The SMILES string of the molecule is CCC(C)(C)C(=O)NC(=O)NC1CCC(C(=O)O)CC1.CCC(C)(C)C(=O)NCCOC(=O)c1ccc(OC)cc1C(=O)O.CCC(C)(C)C(=O)OCCOC(=O)Nc1cccc(Oc2cccc(NC(=O)N3CCCC(C(=O)O)C3)c2)c1.